The van der Waals surface area contributed by atoms with Gasteiger partial charge in [0.1, 0.15) is 17.8 Å². The van der Waals surface area contributed by atoms with Crippen LogP contribution in [0, 0.1) is 11.6 Å². The number of fused-ring (bicyclic) bond motifs is 1. The lowest BCUT2D eigenvalue weighted by molar-refractivity contribution is 0.0357. The maximum atomic E-state index is 14.3. The molecule has 1 fully saturated rings. The number of halogens is 4. The normalized spacial score (nSPS) is 14.1. The molecular weight excluding hydrogens is 522 g/mol. The van der Waals surface area contributed by atoms with E-state index in [0.29, 0.717) is 33.5 Å². The molecule has 1 aliphatic heterocycles. The summed E-state index contributed by atoms with van der Waals surface area (Å²) >= 11 is 3.08. The van der Waals surface area contributed by atoms with E-state index in [9.17, 15) is 8.78 Å². The minimum Gasteiger partial charge on any atom is -0.493 e. The first-order valence-corrected chi connectivity index (χ1v) is 11.0. The molecule has 0 unspecified atom stereocenters. The number of hydrogen-bond donors (Lipinski definition) is 1. The molecule has 1 saturated heterocycles. The highest BCUT2D eigenvalue weighted by atomic mass is 79.9. The predicted octanol–water partition coefficient (Wildman–Crippen LogP) is 4.95. The van der Waals surface area contributed by atoms with Gasteiger partial charge in [-0.3, -0.25) is 4.90 Å². The first-order valence-electron chi connectivity index (χ1n) is 10.2. The molecule has 1 N–H and O–H groups in total. The standard InChI is InChI=1S/C22H23BrF2N4O3.ClH/c1-30-19-11-15-18(12-20(19)32-6-2-3-29-4-7-31-8-5-29)26-13-27-22(15)28-21-16(24)9-14(23)10-17(21)25;/h9-13H,2-8H2,1H3,(H,26,27,28);1H. The quantitative estimate of drug-likeness (QED) is 0.402. The maximum Gasteiger partial charge on any atom is 0.163 e. The highest BCUT2D eigenvalue weighted by molar-refractivity contribution is 9.10. The van der Waals surface area contributed by atoms with Crippen molar-refractivity contribution in [2.45, 2.75) is 6.42 Å². The Morgan fingerprint density at radius 2 is 1.82 bits per heavy atom. The van der Waals surface area contributed by atoms with Gasteiger partial charge in [-0.1, -0.05) is 15.9 Å². The second kappa shape index (κ2) is 11.7. The molecule has 0 bridgehead atoms. The molecule has 11 heteroatoms. The van der Waals surface area contributed by atoms with Crippen molar-refractivity contribution in [2.24, 2.45) is 0 Å². The molecule has 0 saturated carbocycles. The Morgan fingerprint density at radius 1 is 1.09 bits per heavy atom. The average molecular weight is 546 g/mol. The molecule has 3 aromatic rings. The Hall–Kier alpha value is -2.27. The summed E-state index contributed by atoms with van der Waals surface area (Å²) in [6.45, 7) is 4.86. The third-order valence-corrected chi connectivity index (χ3v) is 5.61. The highest BCUT2D eigenvalue weighted by Gasteiger charge is 2.16. The van der Waals surface area contributed by atoms with E-state index in [4.69, 9.17) is 14.2 Å². The van der Waals surface area contributed by atoms with Crippen LogP contribution in [0.25, 0.3) is 10.9 Å². The topological polar surface area (TPSA) is 68.7 Å². The summed E-state index contributed by atoms with van der Waals surface area (Å²) in [4.78, 5) is 10.8. The van der Waals surface area contributed by atoms with E-state index in [1.807, 2.05) is 0 Å². The van der Waals surface area contributed by atoms with E-state index in [1.54, 1.807) is 12.1 Å². The van der Waals surface area contributed by atoms with Gasteiger partial charge in [-0.2, -0.15) is 0 Å². The van der Waals surface area contributed by atoms with Gasteiger partial charge in [0.25, 0.3) is 0 Å². The minimum atomic E-state index is -0.740. The number of nitrogens with one attached hydrogen (secondary N) is 1. The van der Waals surface area contributed by atoms with Crippen molar-refractivity contribution in [3.05, 3.63) is 46.7 Å². The number of benzene rings is 2. The molecule has 178 valence electrons. The van der Waals surface area contributed by atoms with Crippen LogP contribution in [0.15, 0.2) is 35.1 Å². The third kappa shape index (κ3) is 6.20. The van der Waals surface area contributed by atoms with Crippen LogP contribution >= 0.6 is 28.3 Å². The molecule has 2 aromatic carbocycles. The number of rotatable bonds is 8. The van der Waals surface area contributed by atoms with Crippen LogP contribution in [0.4, 0.5) is 20.3 Å². The van der Waals surface area contributed by atoms with Crippen molar-refractivity contribution < 1.29 is 23.0 Å². The number of methoxy groups -OCH3 is 1. The monoisotopic (exact) mass is 544 g/mol. The molecule has 1 aromatic heterocycles. The third-order valence-electron chi connectivity index (χ3n) is 5.15. The van der Waals surface area contributed by atoms with Gasteiger partial charge in [0.05, 0.1) is 32.4 Å². The van der Waals surface area contributed by atoms with Crippen LogP contribution in [0.3, 0.4) is 0 Å². The van der Waals surface area contributed by atoms with Gasteiger partial charge in [0.15, 0.2) is 23.1 Å². The number of aromatic nitrogens is 2. The molecule has 0 spiro atoms. The fraction of sp³-hybridized carbons (Fsp3) is 0.364. The smallest absolute Gasteiger partial charge is 0.163 e. The Bertz CT molecular complexity index is 1080. The first-order chi connectivity index (χ1) is 15.5. The van der Waals surface area contributed by atoms with Crippen LogP contribution in [0.5, 0.6) is 11.5 Å². The van der Waals surface area contributed by atoms with E-state index in [2.05, 4.69) is 36.1 Å². The lowest BCUT2D eigenvalue weighted by Gasteiger charge is -2.26. The molecule has 33 heavy (non-hydrogen) atoms. The molecule has 2 heterocycles. The Labute approximate surface area is 205 Å². The maximum absolute atomic E-state index is 14.3. The molecule has 0 amide bonds. The van der Waals surface area contributed by atoms with Gasteiger partial charge in [-0.05, 0) is 24.6 Å². The van der Waals surface area contributed by atoms with Crippen molar-refractivity contribution in [1.29, 1.82) is 0 Å². The van der Waals surface area contributed by atoms with Gasteiger partial charge in [-0.25, -0.2) is 18.7 Å². The number of anilines is 2. The van der Waals surface area contributed by atoms with Gasteiger partial charge in [0.2, 0.25) is 0 Å². The van der Waals surface area contributed by atoms with Crippen molar-refractivity contribution in [2.75, 3.05) is 51.9 Å². The molecule has 1 aliphatic rings. The van der Waals surface area contributed by atoms with Crippen LogP contribution in [0.2, 0.25) is 0 Å². The van der Waals surface area contributed by atoms with E-state index in [-0.39, 0.29) is 23.9 Å². The van der Waals surface area contributed by atoms with Crippen LogP contribution in [-0.2, 0) is 4.74 Å². The first kappa shape index (κ1) is 25.4. The zero-order valence-corrected chi connectivity index (χ0v) is 20.3. The van der Waals surface area contributed by atoms with Gasteiger partial charge in [0, 0.05) is 35.6 Å². The van der Waals surface area contributed by atoms with E-state index in [0.717, 1.165) is 39.3 Å². The van der Waals surface area contributed by atoms with Crippen molar-refractivity contribution in [1.82, 2.24) is 14.9 Å². The second-order valence-corrected chi connectivity index (χ2v) is 8.18. The fourth-order valence-corrected chi connectivity index (χ4v) is 3.91. The molecule has 0 atom stereocenters. The van der Waals surface area contributed by atoms with Crippen LogP contribution in [-0.4, -0.2) is 61.4 Å². The summed E-state index contributed by atoms with van der Waals surface area (Å²) in [6, 6.07) is 5.80. The Morgan fingerprint density at radius 3 is 2.52 bits per heavy atom. The van der Waals surface area contributed by atoms with E-state index >= 15 is 0 Å². The lowest BCUT2D eigenvalue weighted by atomic mass is 10.2. The van der Waals surface area contributed by atoms with Crippen LogP contribution in [0.1, 0.15) is 6.42 Å². The zero-order chi connectivity index (χ0) is 22.5. The molecular formula is C22H24BrClF2N4O3. The SMILES string of the molecule is COc1cc2c(Nc3c(F)cc(Br)cc3F)ncnc2cc1OCCCN1CCOCC1.Cl. The van der Waals surface area contributed by atoms with E-state index in [1.165, 1.54) is 25.6 Å². The number of hydrogen-bond acceptors (Lipinski definition) is 7. The van der Waals surface area contributed by atoms with Crippen LogP contribution < -0.4 is 14.8 Å². The number of morpholine rings is 1. The molecule has 7 nitrogen and oxygen atoms in total. The summed E-state index contributed by atoms with van der Waals surface area (Å²) in [5, 5.41) is 3.28. The number of nitrogens with zero attached hydrogens (tertiary/aromatic N) is 3. The molecule has 0 radical (unpaired) electrons. The van der Waals surface area contributed by atoms with Gasteiger partial charge in [-0.15, -0.1) is 12.4 Å². The van der Waals surface area contributed by atoms with Gasteiger partial charge >= 0.3 is 0 Å². The fourth-order valence-electron chi connectivity index (χ4n) is 3.51. The Kier molecular flexibility index (Phi) is 9.02. The number of ether oxygens (including phenoxy) is 3. The summed E-state index contributed by atoms with van der Waals surface area (Å²) in [5.74, 6) is -0.190. The molecule has 4 rings (SSSR count). The van der Waals surface area contributed by atoms with Crippen molar-refractivity contribution in [3.63, 3.8) is 0 Å². The molecule has 0 aliphatic carbocycles. The summed E-state index contributed by atoms with van der Waals surface area (Å²) in [5.41, 5.74) is 0.264. The highest BCUT2D eigenvalue weighted by Crippen LogP contribution is 2.35. The Balaban J connectivity index is 0.00000306. The largest absolute Gasteiger partial charge is 0.493 e. The van der Waals surface area contributed by atoms with Crippen molar-refractivity contribution in [3.8, 4) is 11.5 Å². The van der Waals surface area contributed by atoms with Gasteiger partial charge < -0.3 is 19.5 Å². The second-order valence-electron chi connectivity index (χ2n) is 7.27. The van der Waals surface area contributed by atoms with E-state index < -0.39 is 11.6 Å². The summed E-state index contributed by atoms with van der Waals surface area (Å²) in [7, 11) is 1.53. The van der Waals surface area contributed by atoms with Crippen molar-refractivity contribution >= 4 is 50.7 Å². The average Bonchev–Trinajstić information content (AvgIpc) is 2.79. The minimum absolute atomic E-state index is 0. The summed E-state index contributed by atoms with van der Waals surface area (Å²) < 4.78 is 45.7. The predicted molar refractivity (Wildman–Crippen MR) is 128 cm³/mol. The lowest BCUT2D eigenvalue weighted by Crippen LogP contribution is -2.37. The summed E-state index contributed by atoms with van der Waals surface area (Å²) in [6.07, 6.45) is 2.19. The zero-order valence-electron chi connectivity index (χ0n) is 17.9.